The van der Waals surface area contributed by atoms with Gasteiger partial charge in [-0.3, -0.25) is 4.79 Å². The fraction of sp³-hybridized carbons (Fsp3) is 0.235. The predicted molar refractivity (Wildman–Crippen MR) is 83.3 cm³/mol. The Morgan fingerprint density at radius 1 is 1.08 bits per heavy atom. The summed E-state index contributed by atoms with van der Waals surface area (Å²) in [5.41, 5.74) is 1.21. The van der Waals surface area contributed by atoms with E-state index in [2.05, 4.69) is 10.1 Å². The van der Waals surface area contributed by atoms with Crippen LogP contribution in [0.4, 0.5) is 18.9 Å². The molecule has 0 spiro atoms. The molecule has 2 rings (SSSR count). The van der Waals surface area contributed by atoms with Gasteiger partial charge >= 0.3 is 6.18 Å². The first-order valence-corrected chi connectivity index (χ1v) is 7.09. The lowest BCUT2D eigenvalue weighted by Crippen LogP contribution is -2.19. The van der Waals surface area contributed by atoms with E-state index in [1.165, 1.54) is 31.4 Å². The highest BCUT2D eigenvalue weighted by molar-refractivity contribution is 5.92. The van der Waals surface area contributed by atoms with Crippen LogP contribution in [0.1, 0.15) is 5.56 Å². The number of methoxy groups -OCH3 is 1. The summed E-state index contributed by atoms with van der Waals surface area (Å²) in [4.78, 5) is 12.0. The predicted octanol–water partition coefficient (Wildman–Crippen LogP) is 3.82. The van der Waals surface area contributed by atoms with E-state index in [1.54, 1.807) is 24.3 Å². The van der Waals surface area contributed by atoms with E-state index < -0.39 is 12.8 Å². The molecule has 0 saturated heterocycles. The Balaban J connectivity index is 1.92. The van der Waals surface area contributed by atoms with Crippen molar-refractivity contribution in [3.8, 4) is 11.5 Å². The van der Waals surface area contributed by atoms with Crippen molar-refractivity contribution < 1.29 is 27.4 Å². The van der Waals surface area contributed by atoms with Crippen molar-refractivity contribution in [3.63, 3.8) is 0 Å². The molecule has 0 saturated carbocycles. The Bertz CT molecular complexity index is 684. The Labute approximate surface area is 137 Å². The molecule has 1 N–H and O–H groups in total. The van der Waals surface area contributed by atoms with Crippen LogP contribution >= 0.6 is 0 Å². The molecule has 0 aliphatic rings. The highest BCUT2D eigenvalue weighted by Crippen LogP contribution is 2.21. The van der Waals surface area contributed by atoms with Gasteiger partial charge in [-0.15, -0.1) is 0 Å². The molecular weight excluding hydrogens is 323 g/mol. The third-order valence-electron chi connectivity index (χ3n) is 3.08. The van der Waals surface area contributed by atoms with Gasteiger partial charge in [0.2, 0.25) is 5.91 Å². The molecule has 0 bridgehead atoms. The molecule has 0 aromatic heterocycles. The first-order valence-electron chi connectivity index (χ1n) is 7.09. The van der Waals surface area contributed by atoms with E-state index >= 15 is 0 Å². The van der Waals surface area contributed by atoms with Crippen molar-refractivity contribution in [1.82, 2.24) is 0 Å². The zero-order valence-electron chi connectivity index (χ0n) is 12.9. The second-order valence-corrected chi connectivity index (χ2v) is 4.97. The summed E-state index contributed by atoms with van der Waals surface area (Å²) in [6, 6.07) is 12.8. The number of rotatable bonds is 6. The largest absolute Gasteiger partial charge is 0.496 e. The zero-order valence-corrected chi connectivity index (χ0v) is 12.9. The molecule has 0 heterocycles. The second-order valence-electron chi connectivity index (χ2n) is 4.97. The number of anilines is 1. The van der Waals surface area contributed by atoms with Crippen molar-refractivity contribution in [2.45, 2.75) is 12.6 Å². The molecule has 0 unspecified atom stereocenters. The van der Waals surface area contributed by atoms with Gasteiger partial charge in [-0.05, 0) is 30.3 Å². The Hall–Kier alpha value is -2.70. The molecule has 1 amide bonds. The number of carbonyl (C=O) groups excluding carboxylic acids is 1. The number of amides is 1. The number of nitrogens with one attached hydrogen (secondary N) is 1. The van der Waals surface area contributed by atoms with Crippen LogP contribution in [0.2, 0.25) is 0 Å². The summed E-state index contributed by atoms with van der Waals surface area (Å²) >= 11 is 0. The summed E-state index contributed by atoms with van der Waals surface area (Å²) in [6.07, 6.45) is -4.27. The van der Waals surface area contributed by atoms with Crippen LogP contribution in [-0.4, -0.2) is 25.8 Å². The van der Waals surface area contributed by atoms with E-state index in [-0.39, 0.29) is 18.1 Å². The lowest BCUT2D eigenvalue weighted by Gasteiger charge is -2.11. The summed E-state index contributed by atoms with van der Waals surface area (Å²) in [5.74, 6) is 0.432. The number of benzene rings is 2. The topological polar surface area (TPSA) is 47.6 Å². The van der Waals surface area contributed by atoms with Crippen LogP contribution in [0.15, 0.2) is 48.5 Å². The quantitative estimate of drug-likeness (QED) is 0.870. The standard InChI is InChI=1S/C17H16F3NO3/c1-23-15-5-3-2-4-12(15)10-16(22)21-13-6-8-14(9-7-13)24-11-17(18,19)20/h2-9H,10-11H2,1H3,(H,21,22). The van der Waals surface area contributed by atoms with Gasteiger partial charge in [-0.25, -0.2) is 0 Å². The maximum atomic E-state index is 12.1. The molecule has 128 valence electrons. The minimum Gasteiger partial charge on any atom is -0.496 e. The molecule has 0 aliphatic carbocycles. The van der Waals surface area contributed by atoms with Crippen molar-refractivity contribution in [2.75, 3.05) is 19.0 Å². The van der Waals surface area contributed by atoms with Crippen LogP contribution < -0.4 is 14.8 Å². The molecular formula is C17H16F3NO3. The van der Waals surface area contributed by atoms with E-state index in [0.29, 0.717) is 11.4 Å². The highest BCUT2D eigenvalue weighted by atomic mass is 19.4. The molecule has 4 nitrogen and oxygen atoms in total. The van der Waals surface area contributed by atoms with Crippen molar-refractivity contribution in [1.29, 1.82) is 0 Å². The Morgan fingerprint density at radius 2 is 1.75 bits per heavy atom. The maximum absolute atomic E-state index is 12.1. The van der Waals surface area contributed by atoms with Gasteiger partial charge in [0.25, 0.3) is 0 Å². The monoisotopic (exact) mass is 339 g/mol. The van der Waals surface area contributed by atoms with E-state index in [0.717, 1.165) is 5.56 Å². The molecule has 0 aliphatic heterocycles. The molecule has 24 heavy (non-hydrogen) atoms. The SMILES string of the molecule is COc1ccccc1CC(=O)Nc1ccc(OCC(F)(F)F)cc1. The smallest absolute Gasteiger partial charge is 0.422 e. The molecule has 2 aromatic carbocycles. The zero-order chi connectivity index (χ0) is 17.6. The maximum Gasteiger partial charge on any atom is 0.422 e. The summed E-state index contributed by atoms with van der Waals surface area (Å²) in [5, 5.41) is 2.67. The minimum absolute atomic E-state index is 0.0788. The number of carbonyl (C=O) groups is 1. The summed E-state index contributed by atoms with van der Waals surface area (Å²) in [6.45, 7) is -1.35. The van der Waals surface area contributed by atoms with E-state index in [9.17, 15) is 18.0 Å². The van der Waals surface area contributed by atoms with Gasteiger partial charge in [-0.1, -0.05) is 18.2 Å². The molecule has 0 fully saturated rings. The third kappa shape index (κ3) is 5.49. The molecule has 2 aromatic rings. The summed E-state index contributed by atoms with van der Waals surface area (Å²) in [7, 11) is 1.52. The normalized spacial score (nSPS) is 11.0. The lowest BCUT2D eigenvalue weighted by molar-refractivity contribution is -0.153. The minimum atomic E-state index is -4.39. The van der Waals surface area contributed by atoms with Gasteiger partial charge in [0, 0.05) is 11.3 Å². The Kier molecular flexibility index (Phi) is 5.68. The lowest BCUT2D eigenvalue weighted by atomic mass is 10.1. The molecule has 0 radical (unpaired) electrons. The second kappa shape index (κ2) is 7.72. The van der Waals surface area contributed by atoms with Gasteiger partial charge in [0.05, 0.1) is 13.5 Å². The van der Waals surface area contributed by atoms with Crippen LogP contribution in [-0.2, 0) is 11.2 Å². The third-order valence-corrected chi connectivity index (χ3v) is 3.08. The van der Waals surface area contributed by atoms with Gasteiger partial charge in [0.15, 0.2) is 6.61 Å². The first-order chi connectivity index (χ1) is 11.4. The number of hydrogen-bond acceptors (Lipinski definition) is 3. The van der Waals surface area contributed by atoms with Crippen molar-refractivity contribution in [2.24, 2.45) is 0 Å². The van der Waals surface area contributed by atoms with Crippen molar-refractivity contribution >= 4 is 11.6 Å². The fourth-order valence-corrected chi connectivity index (χ4v) is 2.03. The van der Waals surface area contributed by atoms with E-state index in [4.69, 9.17) is 4.74 Å². The van der Waals surface area contributed by atoms with Gasteiger partial charge in [0.1, 0.15) is 11.5 Å². The number of para-hydroxylation sites is 1. The Morgan fingerprint density at radius 3 is 2.38 bits per heavy atom. The average Bonchev–Trinajstić information content (AvgIpc) is 2.54. The summed E-state index contributed by atoms with van der Waals surface area (Å²) < 4.78 is 46.0. The molecule has 7 heteroatoms. The first kappa shape index (κ1) is 17.7. The van der Waals surface area contributed by atoms with Gasteiger partial charge < -0.3 is 14.8 Å². The number of halogens is 3. The van der Waals surface area contributed by atoms with Crippen LogP contribution in [0.25, 0.3) is 0 Å². The van der Waals surface area contributed by atoms with Crippen LogP contribution in [0.5, 0.6) is 11.5 Å². The number of ether oxygens (including phenoxy) is 2. The fourth-order valence-electron chi connectivity index (χ4n) is 2.03. The number of alkyl halides is 3. The van der Waals surface area contributed by atoms with Crippen molar-refractivity contribution in [3.05, 3.63) is 54.1 Å². The molecule has 0 atom stereocenters. The van der Waals surface area contributed by atoms with Gasteiger partial charge in [-0.2, -0.15) is 13.2 Å². The average molecular weight is 339 g/mol. The van der Waals surface area contributed by atoms with Crippen LogP contribution in [0.3, 0.4) is 0 Å². The van der Waals surface area contributed by atoms with E-state index in [1.807, 2.05) is 0 Å². The van der Waals surface area contributed by atoms with Crippen LogP contribution in [0, 0.1) is 0 Å². The number of hydrogen-bond donors (Lipinski definition) is 1. The highest BCUT2D eigenvalue weighted by Gasteiger charge is 2.28.